The Labute approximate surface area is 111 Å². The Kier molecular flexibility index (Phi) is 3.45. The van der Waals surface area contributed by atoms with Gasteiger partial charge in [-0.25, -0.2) is 8.42 Å². The van der Waals surface area contributed by atoms with Crippen LogP contribution in [0.5, 0.6) is 0 Å². The van der Waals surface area contributed by atoms with Crippen LogP contribution >= 0.6 is 11.6 Å². The highest BCUT2D eigenvalue weighted by Crippen LogP contribution is 2.29. The maximum Gasteiger partial charge on any atom is 0.224 e. The monoisotopic (exact) mass is 285 g/mol. The molecule has 2 rings (SSSR count). The van der Waals surface area contributed by atoms with E-state index in [0.717, 1.165) is 5.41 Å². The van der Waals surface area contributed by atoms with Gasteiger partial charge < -0.3 is 4.90 Å². The summed E-state index contributed by atoms with van der Waals surface area (Å²) in [4.78, 5) is 13.1. The highest BCUT2D eigenvalue weighted by molar-refractivity contribution is 7.94. The molecule has 1 unspecified atom stereocenters. The molecule has 0 aromatic heterocycles. The Morgan fingerprint density at radius 2 is 2.06 bits per heavy atom. The predicted octanol–water partition coefficient (Wildman–Crippen LogP) is 2.00. The minimum absolute atomic E-state index is 0.0994. The van der Waals surface area contributed by atoms with Gasteiger partial charge in [0.05, 0.1) is 22.5 Å². The smallest absolute Gasteiger partial charge is 0.224 e. The lowest BCUT2D eigenvalue weighted by molar-refractivity contribution is -0.116. The molecule has 1 aliphatic rings. The van der Waals surface area contributed by atoms with Crippen molar-refractivity contribution in [2.75, 3.05) is 10.7 Å². The second-order valence-corrected chi connectivity index (χ2v) is 6.40. The Hall–Kier alpha value is -1.33. The molecule has 0 radical (unpaired) electrons. The Bertz CT molecular complexity index is 610. The van der Waals surface area contributed by atoms with Crippen molar-refractivity contribution in [2.45, 2.75) is 13.0 Å². The van der Waals surface area contributed by atoms with Crippen LogP contribution in [0, 0.1) is 0 Å². The van der Waals surface area contributed by atoms with Crippen LogP contribution in [0.4, 0.5) is 5.69 Å². The SMILES string of the molecule is CC(=O)N(c1ccccc1Cl)C1C=CS(=O)(=O)C1. The quantitative estimate of drug-likeness (QED) is 0.835. The fourth-order valence-corrected chi connectivity index (χ4v) is 3.44. The molecule has 6 heteroatoms. The molecule has 0 saturated carbocycles. The van der Waals surface area contributed by atoms with Gasteiger partial charge in [-0.3, -0.25) is 4.79 Å². The first kappa shape index (κ1) is 13.1. The molecule has 0 saturated heterocycles. The average Bonchev–Trinajstić information content (AvgIpc) is 2.61. The van der Waals surface area contributed by atoms with Gasteiger partial charge in [0, 0.05) is 12.3 Å². The first-order chi connectivity index (χ1) is 8.41. The summed E-state index contributed by atoms with van der Waals surface area (Å²) in [5.74, 6) is -0.340. The second kappa shape index (κ2) is 4.74. The normalized spacial score (nSPS) is 20.9. The van der Waals surface area contributed by atoms with Crippen molar-refractivity contribution in [3.8, 4) is 0 Å². The van der Waals surface area contributed by atoms with Crippen molar-refractivity contribution in [2.24, 2.45) is 0 Å². The van der Waals surface area contributed by atoms with E-state index in [1.807, 2.05) is 0 Å². The molecule has 1 atom stereocenters. The van der Waals surface area contributed by atoms with Crippen molar-refractivity contribution < 1.29 is 13.2 Å². The van der Waals surface area contributed by atoms with Crippen LogP contribution in [0.15, 0.2) is 35.7 Å². The van der Waals surface area contributed by atoms with Gasteiger partial charge in [-0.15, -0.1) is 0 Å². The van der Waals surface area contributed by atoms with Crippen LogP contribution in [-0.2, 0) is 14.6 Å². The number of para-hydroxylation sites is 1. The lowest BCUT2D eigenvalue weighted by atomic mass is 10.2. The lowest BCUT2D eigenvalue weighted by Crippen LogP contribution is -2.39. The molecule has 1 heterocycles. The van der Waals surface area contributed by atoms with Crippen LogP contribution in [0.25, 0.3) is 0 Å². The zero-order chi connectivity index (χ0) is 13.3. The number of hydrogen-bond acceptors (Lipinski definition) is 3. The van der Waals surface area contributed by atoms with E-state index in [1.54, 1.807) is 24.3 Å². The van der Waals surface area contributed by atoms with E-state index in [1.165, 1.54) is 17.9 Å². The molecular formula is C12H12ClNO3S. The van der Waals surface area contributed by atoms with Gasteiger partial charge in [-0.2, -0.15) is 0 Å². The number of nitrogens with zero attached hydrogens (tertiary/aromatic N) is 1. The molecule has 0 N–H and O–H groups in total. The number of halogens is 1. The first-order valence-electron chi connectivity index (χ1n) is 5.36. The number of amides is 1. The zero-order valence-electron chi connectivity index (χ0n) is 9.71. The van der Waals surface area contributed by atoms with Crippen molar-refractivity contribution >= 4 is 33.0 Å². The van der Waals surface area contributed by atoms with Gasteiger partial charge in [0.15, 0.2) is 9.84 Å². The second-order valence-electron chi connectivity index (χ2n) is 4.07. The molecule has 96 valence electrons. The van der Waals surface area contributed by atoms with Crippen LogP contribution < -0.4 is 4.90 Å². The predicted molar refractivity (Wildman–Crippen MR) is 71.3 cm³/mol. The third kappa shape index (κ3) is 2.57. The van der Waals surface area contributed by atoms with Gasteiger partial charge in [0.2, 0.25) is 5.91 Å². The Morgan fingerprint density at radius 3 is 2.56 bits per heavy atom. The van der Waals surface area contributed by atoms with Crippen molar-refractivity contribution in [3.05, 3.63) is 40.8 Å². The molecule has 0 spiro atoms. The first-order valence-corrected chi connectivity index (χ1v) is 7.45. The van der Waals surface area contributed by atoms with Crippen molar-refractivity contribution in [3.63, 3.8) is 0 Å². The summed E-state index contributed by atoms with van der Waals surface area (Å²) in [5.41, 5.74) is 0.526. The Balaban J connectivity index is 2.40. The van der Waals surface area contributed by atoms with Gasteiger partial charge in [-0.1, -0.05) is 23.7 Å². The molecule has 0 aliphatic carbocycles. The van der Waals surface area contributed by atoms with Crippen LogP contribution in [0.3, 0.4) is 0 Å². The number of rotatable bonds is 2. The maximum atomic E-state index is 11.7. The number of carbonyl (C=O) groups is 1. The van der Waals surface area contributed by atoms with E-state index in [9.17, 15) is 13.2 Å². The Morgan fingerprint density at radius 1 is 1.39 bits per heavy atom. The van der Waals surface area contributed by atoms with Gasteiger partial charge in [0.25, 0.3) is 0 Å². The minimum atomic E-state index is -3.21. The molecule has 1 aromatic rings. The van der Waals surface area contributed by atoms with E-state index in [4.69, 9.17) is 11.6 Å². The van der Waals surface area contributed by atoms with E-state index in [2.05, 4.69) is 0 Å². The number of hydrogen-bond donors (Lipinski definition) is 0. The topological polar surface area (TPSA) is 54.5 Å². The van der Waals surface area contributed by atoms with E-state index >= 15 is 0 Å². The largest absolute Gasteiger partial charge is 0.303 e. The standard InChI is InChI=1S/C12H12ClNO3S/c1-9(15)14(10-6-7-18(16,17)8-10)12-5-3-2-4-11(12)13/h2-7,10H,8H2,1H3. The molecule has 1 aromatic carbocycles. The number of sulfone groups is 1. The van der Waals surface area contributed by atoms with E-state index in [-0.39, 0.29) is 11.7 Å². The van der Waals surface area contributed by atoms with Gasteiger partial charge >= 0.3 is 0 Å². The lowest BCUT2D eigenvalue weighted by Gasteiger charge is -2.27. The summed E-state index contributed by atoms with van der Waals surface area (Å²) in [6.45, 7) is 1.39. The zero-order valence-corrected chi connectivity index (χ0v) is 11.3. The van der Waals surface area contributed by atoms with E-state index in [0.29, 0.717) is 10.7 Å². The van der Waals surface area contributed by atoms with Crippen LogP contribution in [-0.4, -0.2) is 26.1 Å². The van der Waals surface area contributed by atoms with Gasteiger partial charge in [0.1, 0.15) is 0 Å². The average molecular weight is 286 g/mol. The molecule has 1 amide bonds. The molecule has 4 nitrogen and oxygen atoms in total. The van der Waals surface area contributed by atoms with Crippen LogP contribution in [0.1, 0.15) is 6.92 Å². The number of benzene rings is 1. The highest BCUT2D eigenvalue weighted by Gasteiger charge is 2.30. The summed E-state index contributed by atoms with van der Waals surface area (Å²) >= 11 is 6.05. The fraction of sp³-hybridized carbons (Fsp3) is 0.250. The van der Waals surface area contributed by atoms with Gasteiger partial charge in [-0.05, 0) is 18.2 Å². The summed E-state index contributed by atoms with van der Waals surface area (Å²) in [7, 11) is -3.21. The van der Waals surface area contributed by atoms with Crippen molar-refractivity contribution in [1.29, 1.82) is 0 Å². The minimum Gasteiger partial charge on any atom is -0.303 e. The molecule has 0 fully saturated rings. The molecule has 18 heavy (non-hydrogen) atoms. The van der Waals surface area contributed by atoms with Crippen LogP contribution in [0.2, 0.25) is 5.02 Å². The number of anilines is 1. The molecule has 1 aliphatic heterocycles. The maximum absolute atomic E-state index is 11.7. The summed E-state index contributed by atoms with van der Waals surface area (Å²) < 4.78 is 22.9. The summed E-state index contributed by atoms with van der Waals surface area (Å²) in [6.07, 6.45) is 1.51. The third-order valence-electron chi connectivity index (χ3n) is 2.69. The number of carbonyl (C=O) groups excluding carboxylic acids is 1. The molecule has 0 bridgehead atoms. The summed E-state index contributed by atoms with van der Waals surface area (Å²) in [6, 6.07) is 6.38. The van der Waals surface area contributed by atoms with Crippen molar-refractivity contribution in [1.82, 2.24) is 0 Å². The third-order valence-corrected chi connectivity index (χ3v) is 4.39. The highest BCUT2D eigenvalue weighted by atomic mass is 35.5. The summed E-state index contributed by atoms with van der Waals surface area (Å²) in [5, 5.41) is 1.56. The fourth-order valence-electron chi connectivity index (χ4n) is 1.95. The molecular weight excluding hydrogens is 274 g/mol. The van der Waals surface area contributed by atoms with E-state index < -0.39 is 15.9 Å².